The summed E-state index contributed by atoms with van der Waals surface area (Å²) in [5.74, 6) is 0.164. The van der Waals surface area contributed by atoms with Crippen LogP contribution in [0, 0.1) is 3.57 Å². The van der Waals surface area contributed by atoms with E-state index in [0.717, 1.165) is 9.13 Å². The van der Waals surface area contributed by atoms with Crippen molar-refractivity contribution in [1.29, 1.82) is 0 Å². The van der Waals surface area contributed by atoms with E-state index in [2.05, 4.69) is 38.4 Å². The molecule has 130 valence electrons. The predicted molar refractivity (Wildman–Crippen MR) is 106 cm³/mol. The third-order valence-electron chi connectivity index (χ3n) is 3.23. The summed E-state index contributed by atoms with van der Waals surface area (Å²) in [5.41, 5.74) is 3.95. The molecule has 7 heteroatoms. The summed E-state index contributed by atoms with van der Waals surface area (Å²) in [4.78, 5) is 23.5. The van der Waals surface area contributed by atoms with Crippen molar-refractivity contribution in [2.45, 2.75) is 12.8 Å². The highest BCUT2D eigenvalue weighted by Crippen LogP contribution is 2.15. The molecule has 2 rings (SSSR count). The van der Waals surface area contributed by atoms with Gasteiger partial charge in [0.2, 0.25) is 11.8 Å². The average Bonchev–Trinajstić information content (AvgIpc) is 2.62. The van der Waals surface area contributed by atoms with Gasteiger partial charge in [-0.3, -0.25) is 9.59 Å². The van der Waals surface area contributed by atoms with Gasteiger partial charge in [-0.05, 0) is 64.6 Å². The number of ether oxygens (including phenoxy) is 1. The van der Waals surface area contributed by atoms with Gasteiger partial charge in [-0.25, -0.2) is 5.43 Å². The van der Waals surface area contributed by atoms with Gasteiger partial charge in [0.1, 0.15) is 5.75 Å². The van der Waals surface area contributed by atoms with Crippen LogP contribution in [0.1, 0.15) is 18.4 Å². The molecule has 0 aliphatic heterocycles. The zero-order chi connectivity index (χ0) is 18.1. The van der Waals surface area contributed by atoms with Crippen molar-refractivity contribution in [2.24, 2.45) is 5.10 Å². The summed E-state index contributed by atoms with van der Waals surface area (Å²) in [6.07, 6.45) is 1.70. The van der Waals surface area contributed by atoms with Crippen LogP contribution in [0.4, 0.5) is 5.69 Å². The predicted octanol–water partition coefficient (Wildman–Crippen LogP) is 3.17. The van der Waals surface area contributed by atoms with Crippen LogP contribution in [0.25, 0.3) is 0 Å². The highest BCUT2D eigenvalue weighted by molar-refractivity contribution is 14.1. The Bertz CT molecular complexity index is 743. The molecule has 0 saturated carbocycles. The van der Waals surface area contributed by atoms with Crippen molar-refractivity contribution in [3.63, 3.8) is 0 Å². The minimum absolute atomic E-state index is 0.0615. The van der Waals surface area contributed by atoms with Crippen molar-refractivity contribution in [1.82, 2.24) is 5.43 Å². The zero-order valence-corrected chi connectivity index (χ0v) is 15.8. The third kappa shape index (κ3) is 6.92. The number of nitrogens with one attached hydrogen (secondary N) is 2. The number of rotatable bonds is 7. The molecule has 0 saturated heterocycles. The minimum atomic E-state index is -0.313. The Kier molecular flexibility index (Phi) is 7.39. The molecule has 2 amide bonds. The Hall–Kier alpha value is -2.42. The molecule has 0 atom stereocenters. The molecule has 2 N–H and O–H groups in total. The van der Waals surface area contributed by atoms with Crippen LogP contribution in [0.15, 0.2) is 53.6 Å². The maximum atomic E-state index is 11.8. The number of hydrogen-bond donors (Lipinski definition) is 2. The lowest BCUT2D eigenvalue weighted by Crippen LogP contribution is -2.20. The number of amides is 2. The molecule has 0 radical (unpaired) electrons. The van der Waals surface area contributed by atoms with Crippen LogP contribution < -0.4 is 15.5 Å². The Balaban J connectivity index is 1.71. The van der Waals surface area contributed by atoms with Crippen molar-refractivity contribution >= 4 is 46.3 Å². The molecule has 2 aromatic rings. The van der Waals surface area contributed by atoms with E-state index < -0.39 is 0 Å². The van der Waals surface area contributed by atoms with E-state index in [1.807, 2.05) is 24.3 Å². The van der Waals surface area contributed by atoms with Gasteiger partial charge in [-0.2, -0.15) is 5.10 Å². The summed E-state index contributed by atoms with van der Waals surface area (Å²) in [5, 5.41) is 6.60. The Labute approximate surface area is 159 Å². The topological polar surface area (TPSA) is 79.8 Å². The molecule has 0 heterocycles. The average molecular weight is 451 g/mol. The number of carbonyl (C=O) groups excluding carboxylic acids is 2. The maximum absolute atomic E-state index is 11.8. The highest BCUT2D eigenvalue weighted by Gasteiger charge is 2.06. The largest absolute Gasteiger partial charge is 0.497 e. The van der Waals surface area contributed by atoms with Crippen molar-refractivity contribution in [3.8, 4) is 5.75 Å². The molecule has 0 aromatic heterocycles. The number of anilines is 1. The monoisotopic (exact) mass is 451 g/mol. The summed E-state index contributed by atoms with van der Waals surface area (Å²) in [6, 6.07) is 14.7. The smallest absolute Gasteiger partial charge is 0.240 e. The second kappa shape index (κ2) is 9.77. The number of carbonyl (C=O) groups is 2. The summed E-state index contributed by atoms with van der Waals surface area (Å²) in [7, 11) is 1.58. The van der Waals surface area contributed by atoms with Crippen LogP contribution >= 0.6 is 22.6 Å². The van der Waals surface area contributed by atoms with Gasteiger partial charge in [0.25, 0.3) is 0 Å². The number of hydrogen-bond acceptors (Lipinski definition) is 4. The molecule has 2 aromatic carbocycles. The second-order valence-electron chi connectivity index (χ2n) is 5.12. The molecule has 0 spiro atoms. The molecule has 0 fully saturated rings. The fourth-order valence-corrected chi connectivity index (χ4v) is 2.27. The molecule has 0 bridgehead atoms. The summed E-state index contributed by atoms with van der Waals surface area (Å²) in [6.45, 7) is 0. The Morgan fingerprint density at radius 3 is 2.32 bits per heavy atom. The first kappa shape index (κ1) is 18.9. The van der Waals surface area contributed by atoms with Crippen LogP contribution in [-0.4, -0.2) is 25.1 Å². The van der Waals surface area contributed by atoms with E-state index in [0.29, 0.717) is 11.4 Å². The standard InChI is InChI=1S/C18H18IN3O3/c1-25-16-8-6-15(7-9-16)21-17(23)10-11-18(24)22-20-12-13-2-4-14(19)5-3-13/h2-9,12H,10-11H2,1H3,(H,21,23)(H,22,24)/b20-12-. The highest BCUT2D eigenvalue weighted by atomic mass is 127. The summed E-state index contributed by atoms with van der Waals surface area (Å²) < 4.78 is 6.18. The maximum Gasteiger partial charge on any atom is 0.240 e. The first-order chi connectivity index (χ1) is 12.1. The van der Waals surface area contributed by atoms with Gasteiger partial charge >= 0.3 is 0 Å². The molecular formula is C18H18IN3O3. The SMILES string of the molecule is COc1ccc(NC(=O)CCC(=O)N/N=C\c2ccc(I)cc2)cc1. The van der Waals surface area contributed by atoms with Crippen LogP contribution in [0.2, 0.25) is 0 Å². The number of hydrazone groups is 1. The fraction of sp³-hybridized carbons (Fsp3) is 0.167. The molecule has 25 heavy (non-hydrogen) atoms. The van der Waals surface area contributed by atoms with Gasteiger partial charge in [-0.15, -0.1) is 0 Å². The Morgan fingerprint density at radius 1 is 1.04 bits per heavy atom. The van der Waals surface area contributed by atoms with E-state index in [9.17, 15) is 9.59 Å². The van der Waals surface area contributed by atoms with Crippen molar-refractivity contribution < 1.29 is 14.3 Å². The van der Waals surface area contributed by atoms with Gasteiger partial charge in [0.05, 0.1) is 13.3 Å². The van der Waals surface area contributed by atoms with Crippen LogP contribution in [0.3, 0.4) is 0 Å². The first-order valence-corrected chi connectivity index (χ1v) is 8.66. The molecule has 0 unspecified atom stereocenters. The zero-order valence-electron chi connectivity index (χ0n) is 13.7. The van der Waals surface area contributed by atoms with E-state index in [1.165, 1.54) is 0 Å². The molecule has 6 nitrogen and oxygen atoms in total. The molecule has 0 aliphatic rings. The van der Waals surface area contributed by atoms with Gasteiger partial charge < -0.3 is 10.1 Å². The number of halogens is 1. The number of nitrogens with zero attached hydrogens (tertiary/aromatic N) is 1. The third-order valence-corrected chi connectivity index (χ3v) is 3.94. The van der Waals surface area contributed by atoms with Crippen LogP contribution in [0.5, 0.6) is 5.75 Å². The minimum Gasteiger partial charge on any atom is -0.497 e. The normalized spacial score (nSPS) is 10.5. The van der Waals surface area contributed by atoms with Gasteiger partial charge in [0.15, 0.2) is 0 Å². The second-order valence-corrected chi connectivity index (χ2v) is 6.37. The number of benzene rings is 2. The number of methoxy groups -OCH3 is 1. The fourth-order valence-electron chi connectivity index (χ4n) is 1.91. The molecule has 0 aliphatic carbocycles. The van der Waals surface area contributed by atoms with Crippen molar-refractivity contribution in [3.05, 3.63) is 57.7 Å². The quantitative estimate of drug-likeness (QED) is 0.386. The van der Waals surface area contributed by atoms with E-state index in [4.69, 9.17) is 4.74 Å². The lowest BCUT2D eigenvalue weighted by Gasteiger charge is -2.06. The van der Waals surface area contributed by atoms with E-state index in [1.54, 1.807) is 37.6 Å². The summed E-state index contributed by atoms with van der Waals surface area (Å²) >= 11 is 2.21. The van der Waals surface area contributed by atoms with Gasteiger partial charge in [0, 0.05) is 22.1 Å². The Morgan fingerprint density at radius 2 is 1.68 bits per heavy atom. The lowest BCUT2D eigenvalue weighted by molar-refractivity contribution is -0.124. The van der Waals surface area contributed by atoms with Crippen LogP contribution in [-0.2, 0) is 9.59 Å². The lowest BCUT2D eigenvalue weighted by atomic mass is 10.2. The van der Waals surface area contributed by atoms with Gasteiger partial charge in [-0.1, -0.05) is 12.1 Å². The van der Waals surface area contributed by atoms with E-state index in [-0.39, 0.29) is 24.7 Å². The molecular weight excluding hydrogens is 433 g/mol. The van der Waals surface area contributed by atoms with Crippen molar-refractivity contribution in [2.75, 3.05) is 12.4 Å². The first-order valence-electron chi connectivity index (χ1n) is 7.58. The van der Waals surface area contributed by atoms with E-state index >= 15 is 0 Å².